The first kappa shape index (κ1) is 17.3. The minimum absolute atomic E-state index is 0.0508. The first-order valence-electron chi connectivity index (χ1n) is 9.23. The molecule has 1 aliphatic rings. The van der Waals surface area contributed by atoms with E-state index in [0.717, 1.165) is 45.5 Å². The predicted octanol–water partition coefficient (Wildman–Crippen LogP) is 3.72. The van der Waals surface area contributed by atoms with E-state index in [4.69, 9.17) is 0 Å². The number of aryl methyl sites for hydroxylation is 1. The monoisotopic (exact) mass is 393 g/mol. The second-order valence-corrected chi connectivity index (χ2v) is 8.23. The Balaban J connectivity index is 1.64. The van der Waals surface area contributed by atoms with Crippen molar-refractivity contribution in [3.8, 4) is 11.1 Å². The minimum Gasteiger partial charge on any atom is -0.387 e. The molecule has 0 aromatic carbocycles. The number of nitrogens with zero attached hydrogens (tertiary/aromatic N) is 4. The average molecular weight is 393 g/mol. The highest BCUT2D eigenvalue weighted by Crippen LogP contribution is 2.36. The van der Waals surface area contributed by atoms with Gasteiger partial charge in [0.15, 0.2) is 5.13 Å². The van der Waals surface area contributed by atoms with Gasteiger partial charge in [-0.1, -0.05) is 11.3 Å². The Bertz CT molecular complexity index is 1220. The lowest BCUT2D eigenvalue weighted by Gasteiger charge is -2.11. The molecular formula is C20H19N5O2S. The van der Waals surface area contributed by atoms with E-state index < -0.39 is 6.10 Å². The van der Waals surface area contributed by atoms with Crippen LogP contribution < -0.4 is 5.32 Å². The van der Waals surface area contributed by atoms with Crippen molar-refractivity contribution in [1.29, 1.82) is 0 Å². The van der Waals surface area contributed by atoms with E-state index in [1.165, 1.54) is 11.3 Å². The Morgan fingerprint density at radius 3 is 2.86 bits per heavy atom. The Morgan fingerprint density at radius 2 is 2.14 bits per heavy atom. The highest BCUT2D eigenvalue weighted by Gasteiger charge is 2.30. The maximum absolute atomic E-state index is 12.1. The number of carbonyl (C=O) groups is 1. The van der Waals surface area contributed by atoms with Crippen LogP contribution in [0.1, 0.15) is 37.1 Å². The first-order chi connectivity index (χ1) is 13.5. The average Bonchev–Trinajstić information content (AvgIpc) is 3.26. The highest BCUT2D eigenvalue weighted by atomic mass is 32.1. The number of aliphatic hydroxyl groups is 1. The molecule has 1 fully saturated rings. The van der Waals surface area contributed by atoms with Crippen LogP contribution in [0, 0.1) is 12.8 Å². The molecule has 1 atom stereocenters. The van der Waals surface area contributed by atoms with Crippen molar-refractivity contribution in [3.05, 3.63) is 42.0 Å². The topological polar surface area (TPSA) is 92.4 Å². The zero-order chi connectivity index (χ0) is 19.4. The Labute approximate surface area is 165 Å². The van der Waals surface area contributed by atoms with Gasteiger partial charge in [0.05, 0.1) is 11.8 Å². The smallest absolute Gasteiger partial charge is 0.229 e. The molecule has 1 aliphatic carbocycles. The van der Waals surface area contributed by atoms with Crippen molar-refractivity contribution in [1.82, 2.24) is 19.4 Å². The van der Waals surface area contributed by atoms with Crippen molar-refractivity contribution in [2.24, 2.45) is 5.92 Å². The summed E-state index contributed by atoms with van der Waals surface area (Å²) in [5.41, 5.74) is 5.12. The van der Waals surface area contributed by atoms with Crippen LogP contribution >= 0.6 is 11.3 Å². The third kappa shape index (κ3) is 2.85. The third-order valence-electron chi connectivity index (χ3n) is 5.04. The predicted molar refractivity (Wildman–Crippen MR) is 108 cm³/mol. The molecule has 5 rings (SSSR count). The Hall–Kier alpha value is -2.84. The normalized spacial score (nSPS) is 15.2. The van der Waals surface area contributed by atoms with Crippen molar-refractivity contribution in [3.63, 3.8) is 0 Å². The van der Waals surface area contributed by atoms with Crippen molar-refractivity contribution >= 4 is 38.4 Å². The van der Waals surface area contributed by atoms with Crippen LogP contribution in [0.15, 0.2) is 30.7 Å². The van der Waals surface area contributed by atoms with Crippen molar-refractivity contribution < 1.29 is 9.90 Å². The molecule has 7 nitrogen and oxygen atoms in total. The van der Waals surface area contributed by atoms with Crippen LogP contribution in [-0.4, -0.2) is 30.4 Å². The van der Waals surface area contributed by atoms with Gasteiger partial charge in [0.25, 0.3) is 0 Å². The first-order valence-corrected chi connectivity index (χ1v) is 10.1. The van der Waals surface area contributed by atoms with Gasteiger partial charge in [-0.05, 0) is 44.4 Å². The summed E-state index contributed by atoms with van der Waals surface area (Å²) in [7, 11) is 0. The van der Waals surface area contributed by atoms with Crippen molar-refractivity contribution in [2.75, 3.05) is 5.32 Å². The van der Waals surface area contributed by atoms with E-state index >= 15 is 0 Å². The summed E-state index contributed by atoms with van der Waals surface area (Å²) < 4.78 is 2.00. The number of nitrogens with one attached hydrogen (secondary N) is 1. The van der Waals surface area contributed by atoms with E-state index in [1.54, 1.807) is 19.3 Å². The molecule has 0 radical (unpaired) electrons. The van der Waals surface area contributed by atoms with Crippen LogP contribution in [0.25, 0.3) is 27.1 Å². The Kier molecular flexibility index (Phi) is 3.92. The van der Waals surface area contributed by atoms with Gasteiger partial charge >= 0.3 is 0 Å². The number of hydrogen-bond donors (Lipinski definition) is 2. The second-order valence-electron chi connectivity index (χ2n) is 7.25. The number of amides is 1. The van der Waals surface area contributed by atoms with Crippen molar-refractivity contribution in [2.45, 2.75) is 32.8 Å². The molecule has 1 unspecified atom stereocenters. The van der Waals surface area contributed by atoms with Gasteiger partial charge in [-0.2, -0.15) is 0 Å². The lowest BCUT2D eigenvalue weighted by atomic mass is 10.0. The lowest BCUT2D eigenvalue weighted by Crippen LogP contribution is -2.12. The molecule has 4 aromatic rings. The summed E-state index contributed by atoms with van der Waals surface area (Å²) in [5.74, 6) is 0.187. The summed E-state index contributed by atoms with van der Waals surface area (Å²) >= 11 is 1.45. The van der Waals surface area contributed by atoms with E-state index in [2.05, 4.69) is 20.3 Å². The summed E-state index contributed by atoms with van der Waals surface area (Å²) in [6.45, 7) is 3.70. The van der Waals surface area contributed by atoms with Gasteiger partial charge in [-0.25, -0.2) is 9.97 Å². The molecule has 4 aromatic heterocycles. The van der Waals surface area contributed by atoms with Gasteiger partial charge in [-0.3, -0.25) is 14.2 Å². The fourth-order valence-corrected chi connectivity index (χ4v) is 4.28. The number of anilines is 1. The number of aromatic nitrogens is 4. The summed E-state index contributed by atoms with van der Waals surface area (Å²) in [6.07, 6.45) is 6.74. The second kappa shape index (κ2) is 6.35. The van der Waals surface area contributed by atoms with E-state index in [0.29, 0.717) is 10.8 Å². The Morgan fingerprint density at radius 1 is 1.32 bits per heavy atom. The van der Waals surface area contributed by atoms with E-state index in [1.807, 2.05) is 29.7 Å². The number of pyridine rings is 2. The quantitative estimate of drug-likeness (QED) is 0.551. The van der Waals surface area contributed by atoms with Crippen LogP contribution in [0.3, 0.4) is 0 Å². The van der Waals surface area contributed by atoms with Crippen LogP contribution in [-0.2, 0) is 4.79 Å². The zero-order valence-corrected chi connectivity index (χ0v) is 16.3. The molecule has 0 bridgehead atoms. The molecular weight excluding hydrogens is 374 g/mol. The SMILES string of the molecule is Cc1cc(C(C)O)ncc1-c1cc2nc(NC(=O)C3CC3)sc2n2ccnc12. The van der Waals surface area contributed by atoms with Gasteiger partial charge in [0.1, 0.15) is 16.0 Å². The highest BCUT2D eigenvalue weighted by molar-refractivity contribution is 7.22. The number of aliphatic hydroxyl groups excluding tert-OH is 1. The number of imidazole rings is 1. The number of fused-ring (bicyclic) bond motifs is 3. The van der Waals surface area contributed by atoms with Crippen LogP contribution in [0.4, 0.5) is 5.13 Å². The van der Waals surface area contributed by atoms with Gasteiger partial charge in [0.2, 0.25) is 5.91 Å². The standard InChI is InChI=1S/C20H19N5O2S/c1-10-7-15(11(2)26)22-9-14(10)13-8-16-19(25-6-5-21-17(13)25)28-20(23-16)24-18(27)12-3-4-12/h5-9,11-12,26H,3-4H2,1-2H3,(H,23,24,27). The zero-order valence-electron chi connectivity index (χ0n) is 15.5. The molecule has 4 heterocycles. The molecule has 0 saturated heterocycles. The van der Waals surface area contributed by atoms with Crippen LogP contribution in [0.2, 0.25) is 0 Å². The summed E-state index contributed by atoms with van der Waals surface area (Å²) in [6, 6.07) is 3.89. The number of thiazole rings is 1. The molecule has 1 amide bonds. The lowest BCUT2D eigenvalue weighted by molar-refractivity contribution is -0.117. The molecule has 8 heteroatoms. The maximum Gasteiger partial charge on any atom is 0.229 e. The fraction of sp³-hybridized carbons (Fsp3) is 0.300. The summed E-state index contributed by atoms with van der Waals surface area (Å²) in [4.78, 5) is 26.6. The molecule has 1 saturated carbocycles. The van der Waals surface area contributed by atoms with Gasteiger partial charge in [0, 0.05) is 35.6 Å². The fourth-order valence-electron chi connectivity index (χ4n) is 3.35. The third-order valence-corrected chi connectivity index (χ3v) is 6.03. The molecule has 0 aliphatic heterocycles. The molecule has 142 valence electrons. The van der Waals surface area contributed by atoms with Crippen LogP contribution in [0.5, 0.6) is 0 Å². The maximum atomic E-state index is 12.1. The van der Waals surface area contributed by atoms with E-state index in [9.17, 15) is 9.90 Å². The number of hydrogen-bond acceptors (Lipinski definition) is 6. The van der Waals surface area contributed by atoms with E-state index in [-0.39, 0.29) is 11.8 Å². The number of rotatable bonds is 4. The molecule has 28 heavy (non-hydrogen) atoms. The van der Waals surface area contributed by atoms with Gasteiger partial charge in [-0.15, -0.1) is 0 Å². The van der Waals surface area contributed by atoms with Gasteiger partial charge < -0.3 is 10.4 Å². The molecule has 2 N–H and O–H groups in total. The number of carbonyl (C=O) groups excluding carboxylic acids is 1. The summed E-state index contributed by atoms with van der Waals surface area (Å²) in [5, 5.41) is 13.3. The molecule has 0 spiro atoms. The minimum atomic E-state index is -0.613. The largest absolute Gasteiger partial charge is 0.387 e.